The molecule has 8 heteroatoms. The van der Waals surface area contributed by atoms with Crippen molar-refractivity contribution >= 4 is 17.9 Å². The van der Waals surface area contributed by atoms with Crippen LogP contribution in [0.2, 0.25) is 0 Å². The largest absolute Gasteiger partial charge is 0.547 e. The van der Waals surface area contributed by atoms with Gasteiger partial charge in [-0.05, 0) is 32.9 Å². The van der Waals surface area contributed by atoms with Gasteiger partial charge in [-0.1, -0.05) is 5.57 Å². The smallest absolute Gasteiger partial charge is 0.306 e. The number of carbonyl (C=O) groups excluding carboxylic acids is 1. The van der Waals surface area contributed by atoms with E-state index >= 15 is 0 Å². The first-order valence-corrected chi connectivity index (χ1v) is 7.43. The second-order valence-corrected chi connectivity index (χ2v) is 5.82. The van der Waals surface area contributed by atoms with Gasteiger partial charge in [0.05, 0.1) is 18.8 Å². The van der Waals surface area contributed by atoms with Crippen molar-refractivity contribution in [2.24, 2.45) is 0 Å². The zero-order valence-electron chi connectivity index (χ0n) is 14.4. The second kappa shape index (κ2) is 10.2. The molecule has 0 saturated carbocycles. The number of aliphatic carboxylic acids is 3. The van der Waals surface area contributed by atoms with Crippen LogP contribution in [0, 0.1) is 6.92 Å². The molecule has 3 N–H and O–H groups in total. The summed E-state index contributed by atoms with van der Waals surface area (Å²) in [6.07, 6.45) is 4.05. The van der Waals surface area contributed by atoms with E-state index in [0.29, 0.717) is 0 Å². The molecule has 0 bridgehead atoms. The summed E-state index contributed by atoms with van der Waals surface area (Å²) in [5, 5.41) is 35.5. The third kappa shape index (κ3) is 9.87. The molecule has 138 valence electrons. The van der Waals surface area contributed by atoms with Gasteiger partial charge in [0.25, 0.3) is 0 Å². The van der Waals surface area contributed by atoms with Crippen LogP contribution in [0.25, 0.3) is 0 Å². The highest BCUT2D eigenvalue weighted by molar-refractivity contribution is 5.86. The van der Waals surface area contributed by atoms with Crippen LogP contribution in [0.3, 0.4) is 0 Å². The summed E-state index contributed by atoms with van der Waals surface area (Å²) in [5.41, 5.74) is -0.179. The Bertz CT molecular complexity index is 632. The van der Waals surface area contributed by atoms with E-state index in [1.165, 1.54) is 11.1 Å². The molecule has 1 aromatic heterocycles. The average molecular weight is 353 g/mol. The molecular formula is C17H23NO7. The Kier molecular flexibility index (Phi) is 9.08. The Morgan fingerprint density at radius 3 is 2.08 bits per heavy atom. The molecule has 8 nitrogen and oxygen atoms in total. The van der Waals surface area contributed by atoms with Crippen LogP contribution in [0.15, 0.2) is 36.2 Å². The van der Waals surface area contributed by atoms with Crippen molar-refractivity contribution in [1.82, 2.24) is 0 Å². The number of aliphatic hydroxyl groups is 1. The highest BCUT2D eigenvalue weighted by Crippen LogP contribution is 2.14. The summed E-state index contributed by atoms with van der Waals surface area (Å²) < 4.78 is 2.18. The van der Waals surface area contributed by atoms with Gasteiger partial charge in [-0.2, -0.15) is 0 Å². The quantitative estimate of drug-likeness (QED) is 0.450. The van der Waals surface area contributed by atoms with Crippen LogP contribution in [0.4, 0.5) is 0 Å². The van der Waals surface area contributed by atoms with Crippen LogP contribution in [0.1, 0.15) is 32.3 Å². The van der Waals surface area contributed by atoms with E-state index in [1.54, 1.807) is 0 Å². The molecule has 0 amide bonds. The van der Waals surface area contributed by atoms with Gasteiger partial charge in [-0.3, -0.25) is 9.59 Å². The van der Waals surface area contributed by atoms with Crippen molar-refractivity contribution < 1.29 is 39.4 Å². The van der Waals surface area contributed by atoms with Crippen molar-refractivity contribution in [3.63, 3.8) is 0 Å². The van der Waals surface area contributed by atoms with Gasteiger partial charge in [0.2, 0.25) is 0 Å². The summed E-state index contributed by atoms with van der Waals surface area (Å²) >= 11 is 0. The first kappa shape index (κ1) is 22.3. The number of carbonyl (C=O) groups is 3. The number of allylic oxidation sites excluding steroid dienone is 2. The number of nitrogens with zero attached hydrogens (tertiary/aromatic N) is 1. The SMILES string of the molecule is CC(C)=CC[n+]1cccc(C)c1.O=C(O)CC(O)(CC(=O)O)C(=O)[O-]. The number of aryl methyl sites for hydroxylation is 1. The lowest BCUT2D eigenvalue weighted by atomic mass is 9.96. The normalized spacial score (nSPS) is 10.2. The molecular weight excluding hydrogens is 330 g/mol. The number of hydrogen-bond donors (Lipinski definition) is 3. The molecule has 0 aliphatic heterocycles. The lowest BCUT2D eigenvalue weighted by molar-refractivity contribution is -0.687. The van der Waals surface area contributed by atoms with Gasteiger partial charge in [0, 0.05) is 11.6 Å². The highest BCUT2D eigenvalue weighted by atomic mass is 16.4. The molecule has 1 heterocycles. The third-order valence-corrected chi connectivity index (χ3v) is 2.98. The number of pyridine rings is 1. The number of carboxylic acids is 3. The molecule has 0 radical (unpaired) electrons. The van der Waals surface area contributed by atoms with Crippen molar-refractivity contribution in [3.05, 3.63) is 41.7 Å². The molecule has 25 heavy (non-hydrogen) atoms. The maximum atomic E-state index is 10.2. The Morgan fingerprint density at radius 1 is 1.20 bits per heavy atom. The minimum absolute atomic E-state index is 0.976. The summed E-state index contributed by atoms with van der Waals surface area (Å²) in [6, 6.07) is 4.19. The molecule has 1 rings (SSSR count). The van der Waals surface area contributed by atoms with Gasteiger partial charge in [0.15, 0.2) is 18.9 Å². The molecule has 0 aromatic carbocycles. The van der Waals surface area contributed by atoms with Gasteiger partial charge in [-0.15, -0.1) is 0 Å². The first-order valence-electron chi connectivity index (χ1n) is 7.43. The molecule has 0 unspecified atom stereocenters. The Labute approximate surface area is 145 Å². The lowest BCUT2D eigenvalue weighted by Gasteiger charge is -2.25. The van der Waals surface area contributed by atoms with E-state index in [2.05, 4.69) is 55.9 Å². The fraction of sp³-hybridized carbons (Fsp3) is 0.412. The first-order chi connectivity index (χ1) is 11.5. The Balaban J connectivity index is 0.000000462. The topological polar surface area (TPSA) is 139 Å². The van der Waals surface area contributed by atoms with Crippen molar-refractivity contribution in [2.75, 3.05) is 0 Å². The fourth-order valence-electron chi connectivity index (χ4n) is 1.76. The summed E-state index contributed by atoms with van der Waals surface area (Å²) in [5.74, 6) is -5.35. The fourth-order valence-corrected chi connectivity index (χ4v) is 1.76. The van der Waals surface area contributed by atoms with Crippen LogP contribution < -0.4 is 9.67 Å². The van der Waals surface area contributed by atoms with Crippen LogP contribution in [-0.4, -0.2) is 38.8 Å². The summed E-state index contributed by atoms with van der Waals surface area (Å²) in [6.45, 7) is 7.33. The lowest BCUT2D eigenvalue weighted by Crippen LogP contribution is -2.51. The van der Waals surface area contributed by atoms with Gasteiger partial charge < -0.3 is 25.2 Å². The highest BCUT2D eigenvalue weighted by Gasteiger charge is 2.34. The minimum atomic E-state index is -2.85. The second-order valence-electron chi connectivity index (χ2n) is 5.82. The molecule has 0 fully saturated rings. The zero-order valence-corrected chi connectivity index (χ0v) is 14.4. The van der Waals surface area contributed by atoms with E-state index < -0.39 is 36.4 Å². The standard InChI is InChI=1S/C11H16N.C6H8O7/c1-10(2)6-8-12-7-4-5-11(3)9-12;7-3(8)1-6(13,5(11)12)2-4(9)10/h4-7,9H,8H2,1-3H3;13H,1-2H2,(H,7,8)(H,9,10)(H,11,12)/q+1;/p-1. The van der Waals surface area contributed by atoms with E-state index in [4.69, 9.17) is 15.3 Å². The third-order valence-electron chi connectivity index (χ3n) is 2.98. The van der Waals surface area contributed by atoms with E-state index in [0.717, 1.165) is 6.54 Å². The maximum absolute atomic E-state index is 10.2. The number of carboxylic acid groups (broad SMARTS) is 3. The van der Waals surface area contributed by atoms with Crippen molar-refractivity contribution in [3.8, 4) is 0 Å². The Hall–Kier alpha value is -2.74. The predicted molar refractivity (Wildman–Crippen MR) is 85.3 cm³/mol. The molecule has 1 aromatic rings. The van der Waals surface area contributed by atoms with Crippen LogP contribution in [-0.2, 0) is 20.9 Å². The van der Waals surface area contributed by atoms with Crippen molar-refractivity contribution in [1.29, 1.82) is 0 Å². The van der Waals surface area contributed by atoms with E-state index in [9.17, 15) is 19.5 Å². The zero-order chi connectivity index (χ0) is 19.6. The summed E-state index contributed by atoms with van der Waals surface area (Å²) in [4.78, 5) is 30.3. The molecule has 0 atom stereocenters. The van der Waals surface area contributed by atoms with Gasteiger partial charge in [-0.25, -0.2) is 4.57 Å². The number of hydrogen-bond acceptors (Lipinski definition) is 5. The van der Waals surface area contributed by atoms with E-state index in [-0.39, 0.29) is 0 Å². The molecule has 0 spiro atoms. The van der Waals surface area contributed by atoms with Gasteiger partial charge in [0.1, 0.15) is 5.60 Å². The minimum Gasteiger partial charge on any atom is -0.547 e. The van der Waals surface area contributed by atoms with Crippen LogP contribution >= 0.6 is 0 Å². The van der Waals surface area contributed by atoms with E-state index in [1.807, 2.05) is 0 Å². The maximum Gasteiger partial charge on any atom is 0.306 e. The number of aromatic nitrogens is 1. The van der Waals surface area contributed by atoms with Gasteiger partial charge >= 0.3 is 11.9 Å². The predicted octanol–water partition coefficient (Wildman–Crippen LogP) is -0.334. The Morgan fingerprint density at radius 2 is 1.72 bits per heavy atom. The molecule has 0 aliphatic rings. The van der Waals surface area contributed by atoms with Crippen molar-refractivity contribution in [2.45, 2.75) is 45.8 Å². The average Bonchev–Trinajstić information content (AvgIpc) is 2.44. The molecule has 0 saturated heterocycles. The van der Waals surface area contributed by atoms with Crippen LogP contribution in [0.5, 0.6) is 0 Å². The summed E-state index contributed by atoms with van der Waals surface area (Å²) in [7, 11) is 0. The number of rotatable bonds is 7. The monoisotopic (exact) mass is 353 g/mol. The molecule has 0 aliphatic carbocycles.